The van der Waals surface area contributed by atoms with E-state index in [4.69, 9.17) is 4.74 Å². The summed E-state index contributed by atoms with van der Waals surface area (Å²) in [5.41, 5.74) is 1.31. The summed E-state index contributed by atoms with van der Waals surface area (Å²) in [6, 6.07) is 0. The lowest BCUT2D eigenvalue weighted by molar-refractivity contribution is -0.114. The van der Waals surface area contributed by atoms with Crippen LogP contribution >= 0.6 is 0 Å². The molecule has 35 heavy (non-hydrogen) atoms. The maximum Gasteiger partial charge on any atom is 0.0463 e. The van der Waals surface area contributed by atoms with Crippen LogP contribution in [0, 0.1) is 52.3 Å². The summed E-state index contributed by atoms with van der Waals surface area (Å²) in [4.78, 5) is 0. The van der Waals surface area contributed by atoms with Crippen LogP contribution in [0.3, 0.4) is 0 Å². The van der Waals surface area contributed by atoms with Crippen molar-refractivity contribution in [3.05, 3.63) is 0 Å². The van der Waals surface area contributed by atoms with Gasteiger partial charge in [-0.3, -0.25) is 0 Å². The molecule has 4 aliphatic rings. The number of ether oxygens (including phenoxy) is 1. The Balaban J connectivity index is 0.000000429. The summed E-state index contributed by atoms with van der Waals surface area (Å²) in [5.74, 6) is 6.49. The van der Waals surface area contributed by atoms with Gasteiger partial charge in [0.25, 0.3) is 0 Å². The quantitative estimate of drug-likeness (QED) is 0.309. The van der Waals surface area contributed by atoms with Gasteiger partial charge in [-0.25, -0.2) is 0 Å². The van der Waals surface area contributed by atoms with Crippen LogP contribution in [0.2, 0.25) is 0 Å². The lowest BCUT2D eigenvalue weighted by Gasteiger charge is -2.61. The Morgan fingerprint density at radius 2 is 1.51 bits per heavy atom. The Morgan fingerprint density at radius 3 is 2.20 bits per heavy atom. The predicted octanol–water partition coefficient (Wildman–Crippen LogP) is 9.29. The molecule has 0 saturated heterocycles. The molecule has 2 heteroatoms. The molecule has 206 valence electrons. The molecule has 0 aromatic carbocycles. The summed E-state index contributed by atoms with van der Waals surface area (Å²) in [6.45, 7) is 16.6. The van der Waals surface area contributed by atoms with Crippen LogP contribution in [0.25, 0.3) is 0 Å². The monoisotopic (exact) mass is 490 g/mol. The molecule has 4 rings (SSSR count). The van der Waals surface area contributed by atoms with Gasteiger partial charge in [-0.1, -0.05) is 67.2 Å². The van der Waals surface area contributed by atoms with Crippen LogP contribution in [0.1, 0.15) is 138 Å². The van der Waals surface area contributed by atoms with Crippen LogP contribution in [0.15, 0.2) is 0 Å². The highest BCUT2D eigenvalue weighted by Crippen LogP contribution is 2.68. The Hall–Kier alpha value is -0.0800. The number of aliphatic hydroxyl groups is 1. The molecule has 0 aromatic heterocycles. The average Bonchev–Trinajstić information content (AvgIpc) is 3.21. The summed E-state index contributed by atoms with van der Waals surface area (Å²) < 4.78 is 5.13. The zero-order valence-corrected chi connectivity index (χ0v) is 24.6. The standard InChI is InChI=1S/C27H48O.C6H14O/c1-19(18-28)8-7-9-20(2)23-13-14-24-22-12-11-21-10-5-6-16-26(21,3)25(22)15-17-27(23,24)4;1-3-5-7-6-4-2/h19-25,28H,5-18H2,1-4H3;3-6H2,1-2H3/t19?,20-,21?,22+,23-,24+,25+,26+,27-;/m1./s1. The van der Waals surface area contributed by atoms with Crippen molar-refractivity contribution in [1.82, 2.24) is 0 Å². The van der Waals surface area contributed by atoms with Crippen LogP contribution in [0.4, 0.5) is 0 Å². The fourth-order valence-electron chi connectivity index (χ4n) is 9.74. The second-order valence-corrected chi connectivity index (χ2v) is 13.9. The number of aliphatic hydroxyl groups excluding tert-OH is 1. The van der Waals surface area contributed by atoms with Crippen molar-refractivity contribution in [2.75, 3.05) is 19.8 Å². The fourth-order valence-corrected chi connectivity index (χ4v) is 9.74. The molecule has 0 aliphatic heterocycles. The van der Waals surface area contributed by atoms with Gasteiger partial charge in [0.2, 0.25) is 0 Å². The van der Waals surface area contributed by atoms with Crippen LogP contribution in [-0.4, -0.2) is 24.9 Å². The fraction of sp³-hybridized carbons (Fsp3) is 1.00. The normalized spacial score (nSPS) is 40.0. The van der Waals surface area contributed by atoms with Crippen molar-refractivity contribution in [3.8, 4) is 0 Å². The van der Waals surface area contributed by atoms with Crippen molar-refractivity contribution in [3.63, 3.8) is 0 Å². The number of fused-ring (bicyclic) bond motifs is 5. The van der Waals surface area contributed by atoms with Gasteiger partial charge in [-0.15, -0.1) is 0 Å². The first-order valence-corrected chi connectivity index (χ1v) is 16.0. The van der Waals surface area contributed by atoms with Gasteiger partial charge in [0.1, 0.15) is 0 Å². The molecule has 0 heterocycles. The van der Waals surface area contributed by atoms with Crippen molar-refractivity contribution in [1.29, 1.82) is 0 Å². The van der Waals surface area contributed by atoms with E-state index < -0.39 is 0 Å². The van der Waals surface area contributed by atoms with E-state index in [0.717, 1.165) is 61.6 Å². The van der Waals surface area contributed by atoms with E-state index in [1.54, 1.807) is 12.8 Å². The van der Waals surface area contributed by atoms with E-state index in [0.29, 0.717) is 23.4 Å². The lowest BCUT2D eigenvalue weighted by Crippen LogP contribution is -2.53. The van der Waals surface area contributed by atoms with Gasteiger partial charge in [-0.05, 0) is 123 Å². The van der Waals surface area contributed by atoms with Gasteiger partial charge in [0, 0.05) is 19.8 Å². The van der Waals surface area contributed by atoms with Crippen molar-refractivity contribution in [2.45, 2.75) is 138 Å². The predicted molar refractivity (Wildman–Crippen MR) is 150 cm³/mol. The molecule has 0 amide bonds. The van der Waals surface area contributed by atoms with E-state index in [1.165, 1.54) is 70.6 Å². The van der Waals surface area contributed by atoms with E-state index >= 15 is 0 Å². The molecule has 4 aliphatic carbocycles. The first-order valence-electron chi connectivity index (χ1n) is 16.0. The van der Waals surface area contributed by atoms with Crippen LogP contribution < -0.4 is 0 Å². The third-order valence-electron chi connectivity index (χ3n) is 11.7. The Morgan fingerprint density at radius 1 is 0.800 bits per heavy atom. The molecule has 0 spiro atoms. The third-order valence-corrected chi connectivity index (χ3v) is 11.7. The minimum Gasteiger partial charge on any atom is -0.396 e. The van der Waals surface area contributed by atoms with Gasteiger partial charge >= 0.3 is 0 Å². The van der Waals surface area contributed by atoms with E-state index in [2.05, 4.69) is 41.5 Å². The van der Waals surface area contributed by atoms with Crippen molar-refractivity contribution in [2.24, 2.45) is 52.3 Å². The summed E-state index contributed by atoms with van der Waals surface area (Å²) in [7, 11) is 0. The summed E-state index contributed by atoms with van der Waals surface area (Å²) >= 11 is 0. The van der Waals surface area contributed by atoms with Crippen LogP contribution in [-0.2, 0) is 4.74 Å². The average molecular weight is 491 g/mol. The molecule has 9 atom stereocenters. The zero-order valence-electron chi connectivity index (χ0n) is 24.6. The number of hydrogen-bond acceptors (Lipinski definition) is 2. The molecule has 0 radical (unpaired) electrons. The largest absolute Gasteiger partial charge is 0.396 e. The van der Waals surface area contributed by atoms with Crippen molar-refractivity contribution >= 4 is 0 Å². The first-order chi connectivity index (χ1) is 16.8. The minimum absolute atomic E-state index is 0.362. The highest BCUT2D eigenvalue weighted by molar-refractivity contribution is 5.09. The Bertz CT molecular complexity index is 600. The number of rotatable bonds is 10. The van der Waals surface area contributed by atoms with Gasteiger partial charge in [0.15, 0.2) is 0 Å². The van der Waals surface area contributed by atoms with Gasteiger partial charge < -0.3 is 9.84 Å². The smallest absolute Gasteiger partial charge is 0.0463 e. The molecule has 0 aromatic rings. The van der Waals surface area contributed by atoms with Gasteiger partial charge in [0.05, 0.1) is 0 Å². The molecule has 0 bridgehead atoms. The summed E-state index contributed by atoms with van der Waals surface area (Å²) in [6.07, 6.45) is 21.4. The first kappa shape index (κ1) is 29.5. The third kappa shape index (κ3) is 6.68. The van der Waals surface area contributed by atoms with Crippen LogP contribution in [0.5, 0.6) is 0 Å². The second-order valence-electron chi connectivity index (χ2n) is 13.9. The van der Waals surface area contributed by atoms with E-state index in [9.17, 15) is 5.11 Å². The molecule has 2 unspecified atom stereocenters. The maximum absolute atomic E-state index is 9.32. The second kappa shape index (κ2) is 13.6. The summed E-state index contributed by atoms with van der Waals surface area (Å²) in [5, 5.41) is 9.32. The molecule has 4 saturated carbocycles. The lowest BCUT2D eigenvalue weighted by atomic mass is 9.44. The minimum atomic E-state index is 0.362. The van der Waals surface area contributed by atoms with E-state index in [-0.39, 0.29) is 0 Å². The maximum atomic E-state index is 9.32. The van der Waals surface area contributed by atoms with Crippen molar-refractivity contribution < 1.29 is 9.84 Å². The number of hydrogen-bond donors (Lipinski definition) is 1. The molecule has 4 fully saturated rings. The SMILES string of the molecule is CC(CO)CCC[C@@H](C)[C@H]1CC[C@H]2[C@@H]3CCC4CCCC[C@]4(C)[C@H]3CC[C@]12C.CCCOCCC. The molecule has 2 nitrogen and oxygen atoms in total. The molecule has 1 N–H and O–H groups in total. The highest BCUT2D eigenvalue weighted by atomic mass is 16.5. The molecular formula is C33H62O2. The Kier molecular flexibility index (Phi) is 11.5. The molecular weight excluding hydrogens is 428 g/mol. The topological polar surface area (TPSA) is 29.5 Å². The van der Waals surface area contributed by atoms with E-state index in [1.807, 2.05) is 0 Å². The highest BCUT2D eigenvalue weighted by Gasteiger charge is 2.60. The zero-order chi connectivity index (χ0) is 25.5. The Labute approximate surface area is 219 Å². The van der Waals surface area contributed by atoms with Gasteiger partial charge in [-0.2, -0.15) is 0 Å².